The molecule has 7 nitrogen and oxygen atoms in total. The molecule has 1 aromatic heterocycles. The van der Waals surface area contributed by atoms with Gasteiger partial charge >= 0.3 is 0 Å². The van der Waals surface area contributed by atoms with Crippen LogP contribution in [0.2, 0.25) is 0 Å². The monoisotopic (exact) mass is 360 g/mol. The van der Waals surface area contributed by atoms with Gasteiger partial charge in [0.2, 0.25) is 0 Å². The van der Waals surface area contributed by atoms with Crippen molar-refractivity contribution < 1.29 is 22.4 Å². The fraction of sp³-hybridized carbons (Fsp3) is 0.118. The lowest BCUT2D eigenvalue weighted by Crippen LogP contribution is -2.14. The van der Waals surface area contributed by atoms with Gasteiger partial charge in [-0.25, -0.2) is 8.42 Å². The van der Waals surface area contributed by atoms with Gasteiger partial charge in [-0.1, -0.05) is 5.16 Å². The minimum absolute atomic E-state index is 0.0223. The molecule has 0 radical (unpaired) electrons. The summed E-state index contributed by atoms with van der Waals surface area (Å²) in [6.45, 7) is 0. The number of benzene rings is 2. The van der Waals surface area contributed by atoms with E-state index in [1.807, 2.05) is 0 Å². The summed E-state index contributed by atoms with van der Waals surface area (Å²) in [5.74, 6) is 1.36. The number of nitrogens with one attached hydrogen (secondary N) is 1. The van der Waals surface area contributed by atoms with E-state index >= 15 is 0 Å². The van der Waals surface area contributed by atoms with Gasteiger partial charge in [0.25, 0.3) is 10.0 Å². The average Bonchev–Trinajstić information content (AvgIpc) is 3.16. The van der Waals surface area contributed by atoms with Crippen molar-refractivity contribution in [2.24, 2.45) is 0 Å². The molecule has 130 valence electrons. The molecule has 3 aromatic rings. The van der Waals surface area contributed by atoms with Crippen LogP contribution in [-0.2, 0) is 10.0 Å². The van der Waals surface area contributed by atoms with Crippen LogP contribution in [0.3, 0.4) is 0 Å². The maximum Gasteiger partial charge on any atom is 0.265 e. The average molecular weight is 360 g/mol. The van der Waals surface area contributed by atoms with Crippen molar-refractivity contribution in [3.63, 3.8) is 0 Å². The lowest BCUT2D eigenvalue weighted by Gasteiger charge is -2.12. The zero-order chi connectivity index (χ0) is 17.9. The molecule has 0 amide bonds. The number of hydrogen-bond acceptors (Lipinski definition) is 6. The van der Waals surface area contributed by atoms with Crippen molar-refractivity contribution in [2.45, 2.75) is 4.90 Å². The fourth-order valence-electron chi connectivity index (χ4n) is 2.28. The SMILES string of the molecule is COc1ccc(NS(=O)(=O)c2ccc(-c3ccno3)cc2OC)cc1. The second-order valence-electron chi connectivity index (χ2n) is 5.08. The van der Waals surface area contributed by atoms with E-state index in [2.05, 4.69) is 9.88 Å². The van der Waals surface area contributed by atoms with Gasteiger partial charge in [-0.3, -0.25) is 4.72 Å². The van der Waals surface area contributed by atoms with Gasteiger partial charge < -0.3 is 14.0 Å². The van der Waals surface area contributed by atoms with Crippen molar-refractivity contribution in [2.75, 3.05) is 18.9 Å². The number of hydrogen-bond donors (Lipinski definition) is 1. The zero-order valence-electron chi connectivity index (χ0n) is 13.6. The van der Waals surface area contributed by atoms with E-state index in [0.717, 1.165) is 0 Å². The third-order valence-electron chi connectivity index (χ3n) is 3.52. The molecule has 0 unspecified atom stereocenters. The molecule has 0 saturated carbocycles. The van der Waals surface area contributed by atoms with Gasteiger partial charge in [-0.05, 0) is 42.5 Å². The van der Waals surface area contributed by atoms with Crippen LogP contribution in [-0.4, -0.2) is 27.8 Å². The number of sulfonamides is 1. The van der Waals surface area contributed by atoms with Crippen LogP contribution in [0.4, 0.5) is 5.69 Å². The Morgan fingerprint density at radius 1 is 1.00 bits per heavy atom. The maximum atomic E-state index is 12.7. The molecule has 0 saturated heterocycles. The van der Waals surface area contributed by atoms with Gasteiger partial charge in [-0.15, -0.1) is 0 Å². The van der Waals surface area contributed by atoms with E-state index in [1.165, 1.54) is 19.4 Å². The first-order valence-corrected chi connectivity index (χ1v) is 8.78. The van der Waals surface area contributed by atoms with Gasteiger partial charge in [0.05, 0.1) is 20.4 Å². The number of ether oxygens (including phenoxy) is 2. The van der Waals surface area contributed by atoms with E-state index < -0.39 is 10.0 Å². The van der Waals surface area contributed by atoms with Gasteiger partial charge in [0.15, 0.2) is 5.76 Å². The first-order valence-electron chi connectivity index (χ1n) is 7.29. The molecule has 2 aromatic carbocycles. The Morgan fingerprint density at radius 3 is 2.36 bits per heavy atom. The first-order chi connectivity index (χ1) is 12.0. The third kappa shape index (κ3) is 3.58. The standard InChI is InChI=1S/C17H16N2O5S/c1-22-14-6-4-13(5-7-14)19-25(20,21)17-8-3-12(11-16(17)23-2)15-9-10-18-24-15/h3-11,19H,1-2H3. The molecule has 0 spiro atoms. The molecule has 0 aliphatic carbocycles. The van der Waals surface area contributed by atoms with Crippen molar-refractivity contribution in [1.82, 2.24) is 5.16 Å². The molecule has 0 aliphatic rings. The summed E-state index contributed by atoms with van der Waals surface area (Å²) in [6, 6.07) is 12.9. The summed E-state index contributed by atoms with van der Waals surface area (Å²) in [6.07, 6.45) is 1.51. The van der Waals surface area contributed by atoms with Crippen LogP contribution in [0, 0.1) is 0 Å². The highest BCUT2D eigenvalue weighted by Crippen LogP contribution is 2.31. The van der Waals surface area contributed by atoms with E-state index in [4.69, 9.17) is 14.0 Å². The molecule has 1 N–H and O–H groups in total. The lowest BCUT2D eigenvalue weighted by molar-refractivity contribution is 0.402. The number of anilines is 1. The van der Waals surface area contributed by atoms with Crippen molar-refractivity contribution >= 4 is 15.7 Å². The normalized spacial score (nSPS) is 11.1. The topological polar surface area (TPSA) is 90.7 Å². The number of methoxy groups -OCH3 is 2. The molecule has 25 heavy (non-hydrogen) atoms. The summed E-state index contributed by atoms with van der Waals surface area (Å²) in [4.78, 5) is 0.0223. The molecular formula is C17H16N2O5S. The lowest BCUT2D eigenvalue weighted by atomic mass is 10.1. The number of rotatable bonds is 6. The minimum Gasteiger partial charge on any atom is -0.497 e. The molecule has 0 bridgehead atoms. The van der Waals surface area contributed by atoms with Crippen LogP contribution in [0.25, 0.3) is 11.3 Å². The van der Waals surface area contributed by atoms with E-state index in [9.17, 15) is 8.42 Å². The second-order valence-corrected chi connectivity index (χ2v) is 6.73. The van der Waals surface area contributed by atoms with Crippen LogP contribution in [0.1, 0.15) is 0 Å². The molecular weight excluding hydrogens is 344 g/mol. The highest BCUT2D eigenvalue weighted by Gasteiger charge is 2.21. The van der Waals surface area contributed by atoms with Gasteiger partial charge in [-0.2, -0.15) is 0 Å². The number of nitrogens with zero attached hydrogens (tertiary/aromatic N) is 1. The first kappa shape index (κ1) is 16.8. The molecule has 0 aliphatic heterocycles. The van der Waals surface area contributed by atoms with Crippen molar-refractivity contribution in [3.05, 3.63) is 54.7 Å². The van der Waals surface area contributed by atoms with Crippen molar-refractivity contribution in [3.8, 4) is 22.8 Å². The van der Waals surface area contributed by atoms with E-state index in [-0.39, 0.29) is 10.6 Å². The summed E-state index contributed by atoms with van der Waals surface area (Å²) < 4.78 is 43.2. The smallest absolute Gasteiger partial charge is 0.265 e. The zero-order valence-corrected chi connectivity index (χ0v) is 14.4. The van der Waals surface area contributed by atoms with Gasteiger partial charge in [0, 0.05) is 17.3 Å². The predicted octanol–water partition coefficient (Wildman–Crippen LogP) is 3.16. The summed E-state index contributed by atoms with van der Waals surface area (Å²) in [5.41, 5.74) is 1.08. The van der Waals surface area contributed by atoms with Gasteiger partial charge in [0.1, 0.15) is 16.4 Å². The Labute approximate surface area is 145 Å². The molecule has 0 fully saturated rings. The molecule has 0 atom stereocenters. The third-order valence-corrected chi connectivity index (χ3v) is 4.94. The molecule has 3 rings (SSSR count). The van der Waals surface area contributed by atoms with Crippen LogP contribution >= 0.6 is 0 Å². The Balaban J connectivity index is 1.93. The Morgan fingerprint density at radius 2 is 1.76 bits per heavy atom. The minimum atomic E-state index is -3.82. The highest BCUT2D eigenvalue weighted by atomic mass is 32.2. The summed E-state index contributed by atoms with van der Waals surface area (Å²) in [5, 5.41) is 3.64. The molecule has 1 heterocycles. The largest absolute Gasteiger partial charge is 0.497 e. The Kier molecular flexibility index (Phi) is 4.62. The van der Waals surface area contributed by atoms with Crippen LogP contribution in [0.5, 0.6) is 11.5 Å². The van der Waals surface area contributed by atoms with E-state index in [1.54, 1.807) is 49.6 Å². The Bertz CT molecular complexity index is 951. The highest BCUT2D eigenvalue weighted by molar-refractivity contribution is 7.92. The van der Waals surface area contributed by atoms with Crippen LogP contribution < -0.4 is 14.2 Å². The van der Waals surface area contributed by atoms with Crippen molar-refractivity contribution in [1.29, 1.82) is 0 Å². The quantitative estimate of drug-likeness (QED) is 0.726. The second kappa shape index (κ2) is 6.86. The summed E-state index contributed by atoms with van der Waals surface area (Å²) >= 11 is 0. The molecule has 8 heteroatoms. The van der Waals surface area contributed by atoms with E-state index in [0.29, 0.717) is 22.8 Å². The predicted molar refractivity (Wildman–Crippen MR) is 92.3 cm³/mol. The Hall–Kier alpha value is -3.00. The number of aromatic nitrogens is 1. The van der Waals surface area contributed by atoms with Crippen LogP contribution in [0.15, 0.2) is 64.1 Å². The summed E-state index contributed by atoms with van der Waals surface area (Å²) in [7, 11) is -0.873. The fourth-order valence-corrected chi connectivity index (χ4v) is 3.49. The maximum absolute atomic E-state index is 12.7.